The first-order valence-electron chi connectivity index (χ1n) is 5.17. The predicted molar refractivity (Wildman–Crippen MR) is 60.5 cm³/mol. The molecule has 0 aliphatic carbocycles. The molecule has 0 unspecified atom stereocenters. The molecule has 0 spiro atoms. The lowest BCUT2D eigenvalue weighted by atomic mass is 10.1. The summed E-state index contributed by atoms with van der Waals surface area (Å²) in [5.74, 6) is 0.0567. The Kier molecular flexibility index (Phi) is 3.09. The zero-order valence-corrected chi connectivity index (χ0v) is 9.25. The highest BCUT2D eigenvalue weighted by Gasteiger charge is 2.13. The van der Waals surface area contributed by atoms with Gasteiger partial charge < -0.3 is 14.9 Å². The molecule has 1 aromatic carbocycles. The minimum Gasteiger partial charge on any atom is -0.508 e. The molecule has 0 saturated heterocycles. The fourth-order valence-corrected chi connectivity index (χ4v) is 1.45. The summed E-state index contributed by atoms with van der Waals surface area (Å²) in [4.78, 5) is 11.7. The van der Waals surface area contributed by atoms with Crippen LogP contribution in [0.15, 0.2) is 41.1 Å². The summed E-state index contributed by atoms with van der Waals surface area (Å²) >= 11 is 0. The number of phenolic OH excluding ortho intramolecular Hbond substituents is 1. The molecule has 0 radical (unpaired) electrons. The van der Waals surface area contributed by atoms with Crippen LogP contribution in [0.5, 0.6) is 5.75 Å². The van der Waals surface area contributed by atoms with Gasteiger partial charge in [-0.25, -0.2) is 0 Å². The third-order valence-electron chi connectivity index (χ3n) is 2.40. The van der Waals surface area contributed by atoms with Crippen LogP contribution < -0.4 is 5.32 Å². The van der Waals surface area contributed by atoms with Gasteiger partial charge in [0.15, 0.2) is 0 Å². The van der Waals surface area contributed by atoms with Crippen LogP contribution in [0.1, 0.15) is 29.1 Å². The van der Waals surface area contributed by atoms with Crippen molar-refractivity contribution in [3.05, 3.63) is 47.9 Å². The van der Waals surface area contributed by atoms with Gasteiger partial charge >= 0.3 is 0 Å². The van der Waals surface area contributed by atoms with Crippen LogP contribution in [0.2, 0.25) is 0 Å². The van der Waals surface area contributed by atoms with Crippen molar-refractivity contribution in [3.63, 3.8) is 0 Å². The van der Waals surface area contributed by atoms with Crippen molar-refractivity contribution in [2.75, 3.05) is 0 Å². The van der Waals surface area contributed by atoms with Gasteiger partial charge in [-0.05, 0) is 24.6 Å². The van der Waals surface area contributed by atoms with E-state index in [1.165, 1.54) is 12.3 Å². The van der Waals surface area contributed by atoms with E-state index in [2.05, 4.69) is 10.5 Å². The highest BCUT2D eigenvalue weighted by Crippen LogP contribution is 2.16. The summed E-state index contributed by atoms with van der Waals surface area (Å²) in [6, 6.07) is 7.98. The van der Waals surface area contributed by atoms with Crippen LogP contribution >= 0.6 is 0 Å². The van der Waals surface area contributed by atoms with Crippen molar-refractivity contribution in [1.82, 2.24) is 10.5 Å². The van der Waals surface area contributed by atoms with E-state index in [0.717, 1.165) is 5.56 Å². The smallest absolute Gasteiger partial charge is 0.290 e. The van der Waals surface area contributed by atoms with Gasteiger partial charge in [0.05, 0.1) is 12.2 Å². The van der Waals surface area contributed by atoms with E-state index >= 15 is 0 Å². The first-order chi connectivity index (χ1) is 8.16. The molecule has 1 amide bonds. The monoisotopic (exact) mass is 232 g/mol. The normalized spacial score (nSPS) is 12.1. The van der Waals surface area contributed by atoms with Crippen LogP contribution in [-0.4, -0.2) is 16.2 Å². The second-order valence-corrected chi connectivity index (χ2v) is 3.66. The molecule has 88 valence electrons. The first-order valence-corrected chi connectivity index (χ1v) is 5.17. The van der Waals surface area contributed by atoms with E-state index in [9.17, 15) is 4.79 Å². The van der Waals surface area contributed by atoms with Gasteiger partial charge in [-0.3, -0.25) is 4.79 Å². The van der Waals surface area contributed by atoms with Crippen LogP contribution in [0.4, 0.5) is 0 Å². The lowest BCUT2D eigenvalue weighted by molar-refractivity contribution is 0.0902. The lowest BCUT2D eigenvalue weighted by Crippen LogP contribution is -2.26. The van der Waals surface area contributed by atoms with E-state index in [-0.39, 0.29) is 23.5 Å². The maximum absolute atomic E-state index is 11.7. The molecule has 0 bridgehead atoms. The molecular weight excluding hydrogens is 220 g/mol. The maximum Gasteiger partial charge on any atom is 0.290 e. The Labute approximate surface area is 98.1 Å². The Balaban J connectivity index is 2.04. The molecule has 0 aliphatic rings. The van der Waals surface area contributed by atoms with Crippen molar-refractivity contribution in [2.24, 2.45) is 0 Å². The predicted octanol–water partition coefficient (Wildman–Crippen LogP) is 1.87. The van der Waals surface area contributed by atoms with Gasteiger partial charge in [0.25, 0.3) is 5.91 Å². The minimum atomic E-state index is -0.317. The van der Waals surface area contributed by atoms with Gasteiger partial charge in [0, 0.05) is 6.07 Å². The molecule has 0 aliphatic heterocycles. The molecule has 1 heterocycles. The van der Waals surface area contributed by atoms with E-state index in [0.29, 0.717) is 0 Å². The van der Waals surface area contributed by atoms with E-state index in [1.54, 1.807) is 24.3 Å². The number of aromatic hydroxyl groups is 1. The molecule has 17 heavy (non-hydrogen) atoms. The van der Waals surface area contributed by atoms with E-state index in [1.807, 2.05) is 6.92 Å². The summed E-state index contributed by atoms with van der Waals surface area (Å²) in [5, 5.41) is 15.4. The van der Waals surface area contributed by atoms with Gasteiger partial charge in [0.2, 0.25) is 5.76 Å². The van der Waals surface area contributed by atoms with Gasteiger partial charge in [-0.2, -0.15) is 0 Å². The molecular formula is C12H12N2O3. The Hall–Kier alpha value is -2.30. The summed E-state index contributed by atoms with van der Waals surface area (Å²) < 4.78 is 4.75. The zero-order valence-electron chi connectivity index (χ0n) is 9.25. The number of phenols is 1. The highest BCUT2D eigenvalue weighted by molar-refractivity contribution is 5.91. The van der Waals surface area contributed by atoms with Crippen molar-refractivity contribution in [2.45, 2.75) is 13.0 Å². The lowest BCUT2D eigenvalue weighted by Gasteiger charge is -2.12. The van der Waals surface area contributed by atoms with Crippen LogP contribution in [-0.2, 0) is 0 Å². The number of hydrogen-bond donors (Lipinski definition) is 2. The number of nitrogens with one attached hydrogen (secondary N) is 1. The fraction of sp³-hybridized carbons (Fsp3) is 0.167. The van der Waals surface area contributed by atoms with Crippen LogP contribution in [0, 0.1) is 0 Å². The third-order valence-corrected chi connectivity index (χ3v) is 2.40. The Bertz CT molecular complexity index is 491. The van der Waals surface area contributed by atoms with E-state index < -0.39 is 0 Å². The molecule has 1 atom stereocenters. The zero-order chi connectivity index (χ0) is 12.3. The molecule has 5 heteroatoms. The Morgan fingerprint density at radius 1 is 1.35 bits per heavy atom. The topological polar surface area (TPSA) is 75.4 Å². The molecule has 2 rings (SSSR count). The second-order valence-electron chi connectivity index (χ2n) is 3.66. The first kappa shape index (κ1) is 11.2. The van der Waals surface area contributed by atoms with Gasteiger partial charge in [-0.1, -0.05) is 17.3 Å². The number of aromatic nitrogens is 1. The quantitative estimate of drug-likeness (QED) is 0.847. The number of benzene rings is 1. The standard InChI is InChI=1S/C12H12N2O3/c1-8(9-2-4-10(15)5-3-9)14-12(16)11-6-7-13-17-11/h2-8,15H,1H3,(H,14,16)/t8-/m0/s1. The molecule has 0 fully saturated rings. The number of amides is 1. The van der Waals surface area contributed by atoms with Crippen molar-refractivity contribution >= 4 is 5.91 Å². The SMILES string of the molecule is C[C@H](NC(=O)c1ccno1)c1ccc(O)cc1. The summed E-state index contributed by atoms with van der Waals surface area (Å²) in [6.07, 6.45) is 1.42. The number of carbonyl (C=O) groups is 1. The van der Waals surface area contributed by atoms with Gasteiger partial charge in [-0.15, -0.1) is 0 Å². The molecule has 5 nitrogen and oxygen atoms in total. The van der Waals surface area contributed by atoms with Crippen LogP contribution in [0.25, 0.3) is 0 Å². The maximum atomic E-state index is 11.7. The minimum absolute atomic E-state index is 0.173. The summed E-state index contributed by atoms with van der Waals surface area (Å²) in [5.41, 5.74) is 0.899. The summed E-state index contributed by atoms with van der Waals surface area (Å²) in [7, 11) is 0. The molecule has 2 N–H and O–H groups in total. The Morgan fingerprint density at radius 3 is 2.65 bits per heavy atom. The van der Waals surface area contributed by atoms with Crippen LogP contribution in [0.3, 0.4) is 0 Å². The molecule has 2 aromatic rings. The second kappa shape index (κ2) is 4.69. The third kappa shape index (κ3) is 2.63. The number of carbonyl (C=O) groups excluding carboxylic acids is 1. The number of nitrogens with zero attached hydrogens (tertiary/aromatic N) is 1. The van der Waals surface area contributed by atoms with Crippen molar-refractivity contribution in [1.29, 1.82) is 0 Å². The number of rotatable bonds is 3. The number of hydrogen-bond acceptors (Lipinski definition) is 4. The van der Waals surface area contributed by atoms with Crippen molar-refractivity contribution < 1.29 is 14.4 Å². The largest absolute Gasteiger partial charge is 0.508 e. The fourth-order valence-electron chi connectivity index (χ4n) is 1.45. The van der Waals surface area contributed by atoms with Gasteiger partial charge in [0.1, 0.15) is 5.75 Å². The van der Waals surface area contributed by atoms with E-state index in [4.69, 9.17) is 9.63 Å². The Morgan fingerprint density at radius 2 is 2.06 bits per heavy atom. The average Bonchev–Trinajstić information content (AvgIpc) is 2.83. The summed E-state index contributed by atoms with van der Waals surface area (Å²) in [6.45, 7) is 1.85. The highest BCUT2D eigenvalue weighted by atomic mass is 16.5. The molecule has 1 aromatic heterocycles. The molecule has 0 saturated carbocycles. The van der Waals surface area contributed by atoms with Crippen molar-refractivity contribution in [3.8, 4) is 5.75 Å². The average molecular weight is 232 g/mol.